The van der Waals surface area contributed by atoms with Crippen molar-refractivity contribution in [2.24, 2.45) is 0 Å². The van der Waals surface area contributed by atoms with Crippen molar-refractivity contribution in [3.05, 3.63) is 21.4 Å². The van der Waals surface area contributed by atoms with Gasteiger partial charge in [-0.1, -0.05) is 0 Å². The second kappa shape index (κ2) is 3.50. The summed E-state index contributed by atoms with van der Waals surface area (Å²) >= 11 is 1.80. The van der Waals surface area contributed by atoms with Gasteiger partial charge in [0.25, 0.3) is 0 Å². The first-order chi connectivity index (χ1) is 6.25. The van der Waals surface area contributed by atoms with E-state index in [0.717, 1.165) is 0 Å². The van der Waals surface area contributed by atoms with Crippen LogP contribution in [0.5, 0.6) is 0 Å². The van der Waals surface area contributed by atoms with Gasteiger partial charge in [-0.15, -0.1) is 11.3 Å². The molecule has 3 heteroatoms. The Morgan fingerprint density at radius 3 is 3.08 bits per heavy atom. The van der Waals surface area contributed by atoms with Crippen LogP contribution in [0.3, 0.4) is 0 Å². The second-order valence-corrected chi connectivity index (χ2v) is 4.63. The van der Waals surface area contributed by atoms with Crippen LogP contribution >= 0.6 is 11.3 Å². The highest BCUT2D eigenvalue weighted by Gasteiger charge is 2.14. The molecule has 13 heavy (non-hydrogen) atoms. The average molecular weight is 196 g/mol. The molecule has 0 atom stereocenters. The molecule has 0 saturated carbocycles. The summed E-state index contributed by atoms with van der Waals surface area (Å²) in [6.45, 7) is 0. The summed E-state index contributed by atoms with van der Waals surface area (Å²) in [5, 5.41) is 8.53. The third-order valence-electron chi connectivity index (χ3n) is 2.38. The van der Waals surface area contributed by atoms with E-state index in [9.17, 15) is 4.79 Å². The Hall–Kier alpha value is -0.830. The minimum atomic E-state index is -0.700. The first-order valence-electron chi connectivity index (χ1n) is 4.58. The van der Waals surface area contributed by atoms with Crippen molar-refractivity contribution >= 4 is 17.3 Å². The molecule has 1 aromatic heterocycles. The van der Waals surface area contributed by atoms with Gasteiger partial charge in [0, 0.05) is 9.75 Å². The maximum atomic E-state index is 10.4. The molecule has 0 amide bonds. The molecule has 0 aliphatic heterocycles. The molecule has 0 spiro atoms. The number of thiophene rings is 1. The van der Waals surface area contributed by atoms with E-state index in [1.54, 1.807) is 11.3 Å². The molecule has 1 aliphatic carbocycles. The Bertz CT molecular complexity index is 306. The van der Waals surface area contributed by atoms with E-state index in [0.29, 0.717) is 6.42 Å². The summed E-state index contributed by atoms with van der Waals surface area (Å²) in [5.74, 6) is -0.700. The average Bonchev–Trinajstić information content (AvgIpc) is 2.58. The number of carboxylic acid groups (broad SMARTS) is 1. The maximum Gasteiger partial charge on any atom is 0.303 e. The van der Waals surface area contributed by atoms with Gasteiger partial charge >= 0.3 is 5.97 Å². The summed E-state index contributed by atoms with van der Waals surface area (Å²) in [6, 6.07) is 2.19. The molecule has 0 fully saturated rings. The number of hydrogen-bond acceptors (Lipinski definition) is 2. The number of aliphatic carboxylic acids is 1. The van der Waals surface area contributed by atoms with Crippen molar-refractivity contribution in [2.75, 3.05) is 0 Å². The topological polar surface area (TPSA) is 37.3 Å². The van der Waals surface area contributed by atoms with E-state index in [1.807, 2.05) is 0 Å². The van der Waals surface area contributed by atoms with E-state index >= 15 is 0 Å². The first kappa shape index (κ1) is 8.75. The van der Waals surface area contributed by atoms with E-state index in [-0.39, 0.29) is 6.42 Å². The normalized spacial score (nSPS) is 14.5. The first-order valence-corrected chi connectivity index (χ1v) is 5.39. The number of carbonyl (C=O) groups is 1. The van der Waals surface area contributed by atoms with Crippen LogP contribution < -0.4 is 0 Å². The lowest BCUT2D eigenvalue weighted by Gasteiger charge is -1.92. The molecule has 1 aromatic rings. The summed E-state index contributed by atoms with van der Waals surface area (Å²) in [7, 11) is 0. The maximum absolute atomic E-state index is 10.4. The Labute approximate surface area is 81.2 Å². The van der Waals surface area contributed by atoms with Crippen molar-refractivity contribution in [1.29, 1.82) is 0 Å². The zero-order valence-corrected chi connectivity index (χ0v) is 8.19. The van der Waals surface area contributed by atoms with Crippen molar-refractivity contribution in [2.45, 2.75) is 32.1 Å². The van der Waals surface area contributed by atoms with E-state index in [1.165, 1.54) is 34.6 Å². The van der Waals surface area contributed by atoms with Gasteiger partial charge in [-0.3, -0.25) is 4.79 Å². The van der Waals surface area contributed by atoms with E-state index < -0.39 is 5.97 Å². The summed E-state index contributed by atoms with van der Waals surface area (Å²) in [5.41, 5.74) is 1.46. The van der Waals surface area contributed by atoms with Crippen LogP contribution in [-0.2, 0) is 24.1 Å². The summed E-state index contributed by atoms with van der Waals surface area (Å²) in [4.78, 5) is 13.1. The molecule has 70 valence electrons. The van der Waals surface area contributed by atoms with E-state index in [2.05, 4.69) is 6.07 Å². The standard InChI is InChI=1S/C10H12O2S/c11-10(12)5-4-8-6-7-2-1-3-9(7)13-8/h6H,1-5H2,(H,11,12). The molecule has 2 rings (SSSR count). The smallest absolute Gasteiger partial charge is 0.303 e. The zero-order valence-electron chi connectivity index (χ0n) is 7.38. The second-order valence-electron chi connectivity index (χ2n) is 3.41. The fourth-order valence-corrected chi connectivity index (χ4v) is 3.00. The highest BCUT2D eigenvalue weighted by molar-refractivity contribution is 7.12. The van der Waals surface area contributed by atoms with Crippen LogP contribution in [0.15, 0.2) is 6.07 Å². The predicted octanol–water partition coefficient (Wildman–Crippen LogP) is 2.25. The van der Waals surface area contributed by atoms with Crippen LogP contribution in [0.1, 0.15) is 28.2 Å². The van der Waals surface area contributed by atoms with Crippen LogP contribution in [0.25, 0.3) is 0 Å². The number of hydrogen-bond donors (Lipinski definition) is 1. The van der Waals surface area contributed by atoms with Gasteiger partial charge in [-0.2, -0.15) is 0 Å². The summed E-state index contributed by atoms with van der Waals surface area (Å²) in [6.07, 6.45) is 4.64. The highest BCUT2D eigenvalue weighted by atomic mass is 32.1. The molecule has 0 saturated heterocycles. The Morgan fingerprint density at radius 1 is 1.54 bits per heavy atom. The number of rotatable bonds is 3. The lowest BCUT2D eigenvalue weighted by atomic mass is 10.2. The third kappa shape index (κ3) is 1.91. The zero-order chi connectivity index (χ0) is 9.26. The Balaban J connectivity index is 2.02. The summed E-state index contributed by atoms with van der Waals surface area (Å²) < 4.78 is 0. The van der Waals surface area contributed by atoms with Gasteiger partial charge in [0.1, 0.15) is 0 Å². The molecule has 1 aliphatic rings. The molecular formula is C10H12O2S. The van der Waals surface area contributed by atoms with Crippen molar-refractivity contribution in [3.8, 4) is 0 Å². The van der Waals surface area contributed by atoms with Crippen LogP contribution in [0, 0.1) is 0 Å². The molecule has 0 unspecified atom stereocenters. The van der Waals surface area contributed by atoms with Crippen LogP contribution in [0.4, 0.5) is 0 Å². The molecular weight excluding hydrogens is 184 g/mol. The highest BCUT2D eigenvalue weighted by Crippen LogP contribution is 2.31. The largest absolute Gasteiger partial charge is 0.481 e. The fraction of sp³-hybridized carbons (Fsp3) is 0.500. The van der Waals surface area contributed by atoms with Gasteiger partial charge in [0.05, 0.1) is 6.42 Å². The van der Waals surface area contributed by atoms with Gasteiger partial charge < -0.3 is 5.11 Å². The monoisotopic (exact) mass is 196 g/mol. The predicted molar refractivity (Wildman–Crippen MR) is 52.3 cm³/mol. The van der Waals surface area contributed by atoms with Crippen molar-refractivity contribution in [1.82, 2.24) is 0 Å². The minimum absolute atomic E-state index is 0.263. The quantitative estimate of drug-likeness (QED) is 0.805. The Morgan fingerprint density at radius 2 is 2.38 bits per heavy atom. The van der Waals surface area contributed by atoms with Gasteiger partial charge in [-0.25, -0.2) is 0 Å². The lowest BCUT2D eigenvalue weighted by Crippen LogP contribution is -1.95. The number of fused-ring (bicyclic) bond motifs is 1. The van der Waals surface area contributed by atoms with Crippen LogP contribution in [0.2, 0.25) is 0 Å². The Kier molecular flexibility index (Phi) is 2.36. The molecule has 1 heterocycles. The fourth-order valence-electron chi connectivity index (χ4n) is 1.74. The van der Waals surface area contributed by atoms with Crippen molar-refractivity contribution < 1.29 is 9.90 Å². The molecule has 0 bridgehead atoms. The molecule has 2 nitrogen and oxygen atoms in total. The lowest BCUT2D eigenvalue weighted by molar-refractivity contribution is -0.136. The van der Waals surface area contributed by atoms with E-state index in [4.69, 9.17) is 5.11 Å². The SMILES string of the molecule is O=C(O)CCc1cc2c(s1)CCC2. The molecule has 0 aromatic carbocycles. The van der Waals surface area contributed by atoms with Crippen LogP contribution in [-0.4, -0.2) is 11.1 Å². The number of carboxylic acids is 1. The van der Waals surface area contributed by atoms with Crippen molar-refractivity contribution in [3.63, 3.8) is 0 Å². The molecule has 1 N–H and O–H groups in total. The molecule has 0 radical (unpaired) electrons. The third-order valence-corrected chi connectivity index (χ3v) is 3.68. The van der Waals surface area contributed by atoms with Gasteiger partial charge in [0.15, 0.2) is 0 Å². The van der Waals surface area contributed by atoms with Gasteiger partial charge in [-0.05, 0) is 37.3 Å². The number of aryl methyl sites for hydroxylation is 3. The minimum Gasteiger partial charge on any atom is -0.481 e. The van der Waals surface area contributed by atoms with Gasteiger partial charge in [0.2, 0.25) is 0 Å².